The third kappa shape index (κ3) is 2.54. The van der Waals surface area contributed by atoms with E-state index in [1.54, 1.807) is 0 Å². The first-order chi connectivity index (χ1) is 6.86. The van der Waals surface area contributed by atoms with Crippen LogP contribution < -0.4 is 4.65 Å². The van der Waals surface area contributed by atoms with Gasteiger partial charge in [0.2, 0.25) is 0 Å². The van der Waals surface area contributed by atoms with Crippen LogP contribution in [-0.2, 0) is 6.18 Å². The summed E-state index contributed by atoms with van der Waals surface area (Å²) in [6, 6.07) is 1.21. The second-order valence-corrected chi connectivity index (χ2v) is 2.84. The number of rotatable bonds is 2. The van der Waals surface area contributed by atoms with E-state index in [0.717, 1.165) is 0 Å². The Labute approximate surface area is 83.6 Å². The molecule has 0 radical (unpaired) electrons. The fourth-order valence-corrected chi connectivity index (χ4v) is 1.05. The molecule has 0 amide bonds. The van der Waals surface area contributed by atoms with Gasteiger partial charge in [0.05, 0.1) is 0 Å². The standard InChI is InChI=1S/C8H6BF4NO/c1-4-2-5(8(11,12)13)3-6(7(4)10)15-9-14/h2-3,14H,1H3. The van der Waals surface area contributed by atoms with Gasteiger partial charge in [0, 0.05) is 0 Å². The Kier molecular flexibility index (Phi) is 3.11. The molecule has 0 fully saturated rings. The van der Waals surface area contributed by atoms with Crippen LogP contribution in [-0.4, -0.2) is 7.27 Å². The minimum absolute atomic E-state index is 0.179. The van der Waals surface area contributed by atoms with E-state index in [0.29, 0.717) is 19.4 Å². The third-order valence-corrected chi connectivity index (χ3v) is 1.73. The Morgan fingerprint density at radius 1 is 1.33 bits per heavy atom. The number of hydrogen-bond acceptors (Lipinski definition) is 2. The van der Waals surface area contributed by atoms with Gasteiger partial charge in [-0.05, 0) is 0 Å². The molecule has 0 aliphatic rings. The first kappa shape index (κ1) is 11.7. The van der Waals surface area contributed by atoms with Crippen LogP contribution in [0.15, 0.2) is 12.1 Å². The van der Waals surface area contributed by atoms with Crippen LogP contribution in [0.4, 0.5) is 17.6 Å². The van der Waals surface area contributed by atoms with Crippen LogP contribution in [0.25, 0.3) is 0 Å². The van der Waals surface area contributed by atoms with Gasteiger partial charge in [0.15, 0.2) is 0 Å². The molecule has 80 valence electrons. The summed E-state index contributed by atoms with van der Waals surface area (Å²) in [7, 11) is 0.373. The number of benzene rings is 1. The van der Waals surface area contributed by atoms with E-state index < -0.39 is 23.3 Å². The summed E-state index contributed by atoms with van der Waals surface area (Å²) in [5, 5.41) is 6.54. The van der Waals surface area contributed by atoms with E-state index in [4.69, 9.17) is 5.31 Å². The summed E-state index contributed by atoms with van der Waals surface area (Å²) in [5.74, 6) is -1.50. The van der Waals surface area contributed by atoms with E-state index in [1.165, 1.54) is 6.92 Å². The van der Waals surface area contributed by atoms with Crippen molar-refractivity contribution >= 4 is 7.27 Å². The molecule has 1 aromatic rings. The maximum absolute atomic E-state index is 13.2. The number of alkyl halides is 3. The topological polar surface area (TPSA) is 33.1 Å². The number of nitrogens with one attached hydrogen (secondary N) is 1. The minimum atomic E-state index is -4.56. The molecule has 0 unspecified atom stereocenters. The van der Waals surface area contributed by atoms with Gasteiger partial charge in [-0.1, -0.05) is 0 Å². The third-order valence-electron chi connectivity index (χ3n) is 1.73. The molecule has 0 aliphatic carbocycles. The average Bonchev–Trinajstić information content (AvgIpc) is 2.11. The zero-order chi connectivity index (χ0) is 11.6. The summed E-state index contributed by atoms with van der Waals surface area (Å²) < 4.78 is 54.3. The molecule has 0 heterocycles. The van der Waals surface area contributed by atoms with Gasteiger partial charge in [0.1, 0.15) is 0 Å². The van der Waals surface area contributed by atoms with Gasteiger partial charge in [-0.25, -0.2) is 0 Å². The molecule has 1 aromatic carbocycles. The zero-order valence-corrected chi connectivity index (χ0v) is 7.65. The molecule has 0 aliphatic heterocycles. The normalized spacial score (nSPS) is 11.0. The van der Waals surface area contributed by atoms with E-state index in [9.17, 15) is 17.6 Å². The van der Waals surface area contributed by atoms with Crippen molar-refractivity contribution in [2.24, 2.45) is 0 Å². The van der Waals surface area contributed by atoms with Crippen LogP contribution >= 0.6 is 0 Å². The molecule has 7 heteroatoms. The van der Waals surface area contributed by atoms with Gasteiger partial charge < -0.3 is 0 Å². The molecule has 1 rings (SSSR count). The van der Waals surface area contributed by atoms with Crippen molar-refractivity contribution in [3.05, 3.63) is 29.1 Å². The Morgan fingerprint density at radius 3 is 2.40 bits per heavy atom. The molecule has 0 aromatic heterocycles. The van der Waals surface area contributed by atoms with Crippen LogP contribution in [0.5, 0.6) is 5.75 Å². The van der Waals surface area contributed by atoms with Crippen molar-refractivity contribution in [1.82, 2.24) is 0 Å². The molecule has 0 saturated carbocycles. The first-order valence-electron chi connectivity index (χ1n) is 3.89. The van der Waals surface area contributed by atoms with E-state index in [-0.39, 0.29) is 5.56 Å². The van der Waals surface area contributed by atoms with Gasteiger partial charge in [-0.15, -0.1) is 0 Å². The first-order valence-corrected chi connectivity index (χ1v) is 3.89. The maximum atomic E-state index is 13.2. The summed E-state index contributed by atoms with van der Waals surface area (Å²) in [5.41, 5.74) is -1.18. The fraction of sp³-hybridized carbons (Fsp3) is 0.250. The Hall–Kier alpha value is -1.40. The Bertz CT molecular complexity index is 391. The van der Waals surface area contributed by atoms with E-state index in [2.05, 4.69) is 4.65 Å². The van der Waals surface area contributed by atoms with E-state index >= 15 is 0 Å². The van der Waals surface area contributed by atoms with Crippen molar-refractivity contribution in [2.75, 3.05) is 0 Å². The van der Waals surface area contributed by atoms with Crippen molar-refractivity contribution < 1.29 is 22.2 Å². The SMILES string of the molecule is Cc1cc(C(F)(F)F)cc(OB=N)c1F. The van der Waals surface area contributed by atoms with Crippen molar-refractivity contribution in [3.63, 3.8) is 0 Å². The summed E-state index contributed by atoms with van der Waals surface area (Å²) in [4.78, 5) is 0. The molecule has 1 N–H and O–H groups in total. The van der Waals surface area contributed by atoms with Crippen LogP contribution in [0.2, 0.25) is 0 Å². The quantitative estimate of drug-likeness (QED) is 0.601. The second kappa shape index (κ2) is 4.00. The Morgan fingerprint density at radius 2 is 1.93 bits per heavy atom. The molecule has 0 atom stereocenters. The molecule has 15 heavy (non-hydrogen) atoms. The molecular weight excluding hydrogens is 213 g/mol. The van der Waals surface area contributed by atoms with Crippen LogP contribution in [0.3, 0.4) is 0 Å². The van der Waals surface area contributed by atoms with Gasteiger partial charge in [-0.3, -0.25) is 0 Å². The molecular formula is C8H6BF4NO. The van der Waals surface area contributed by atoms with E-state index in [1.807, 2.05) is 0 Å². The fourth-order valence-electron chi connectivity index (χ4n) is 1.05. The van der Waals surface area contributed by atoms with Crippen molar-refractivity contribution in [3.8, 4) is 5.75 Å². The monoisotopic (exact) mass is 219 g/mol. The van der Waals surface area contributed by atoms with Crippen LogP contribution in [0.1, 0.15) is 11.1 Å². The molecule has 0 bridgehead atoms. The zero-order valence-electron chi connectivity index (χ0n) is 7.65. The molecule has 0 spiro atoms. The number of aryl methyl sites for hydroxylation is 1. The van der Waals surface area contributed by atoms with Gasteiger partial charge in [0.25, 0.3) is 0 Å². The average molecular weight is 219 g/mol. The second-order valence-electron chi connectivity index (χ2n) is 2.84. The molecule has 0 saturated heterocycles. The summed E-state index contributed by atoms with van der Waals surface area (Å²) >= 11 is 0. The Balaban J connectivity index is 3.29. The predicted octanol–water partition coefficient (Wildman–Crippen LogP) is 2.91. The molecule has 2 nitrogen and oxygen atoms in total. The predicted molar refractivity (Wildman–Crippen MR) is 45.2 cm³/mol. The number of halogens is 4. The van der Waals surface area contributed by atoms with Gasteiger partial charge >= 0.3 is 82.7 Å². The van der Waals surface area contributed by atoms with Crippen molar-refractivity contribution in [2.45, 2.75) is 13.1 Å². The summed E-state index contributed by atoms with van der Waals surface area (Å²) in [6.07, 6.45) is -4.56. The number of hydrogen-bond donors (Lipinski definition) is 1. The van der Waals surface area contributed by atoms with Gasteiger partial charge in [-0.2, -0.15) is 0 Å². The van der Waals surface area contributed by atoms with Crippen molar-refractivity contribution in [1.29, 1.82) is 5.31 Å². The van der Waals surface area contributed by atoms with Crippen LogP contribution in [0, 0.1) is 18.1 Å². The summed E-state index contributed by atoms with van der Waals surface area (Å²) in [6.45, 7) is 1.20.